The summed E-state index contributed by atoms with van der Waals surface area (Å²) in [5.74, 6) is -0.931. The zero-order valence-electron chi connectivity index (χ0n) is 14.5. The van der Waals surface area contributed by atoms with Gasteiger partial charge in [0.15, 0.2) is 0 Å². The third kappa shape index (κ3) is 6.43. The number of nitrogens with one attached hydrogen (secondary N) is 2. The third-order valence-corrected chi connectivity index (χ3v) is 4.75. The van der Waals surface area contributed by atoms with Crippen molar-refractivity contribution in [2.75, 3.05) is 18.5 Å². The first kappa shape index (κ1) is 22.1. The number of alkyl halides is 3. The van der Waals surface area contributed by atoms with Crippen LogP contribution in [-0.4, -0.2) is 38.8 Å². The number of hydrogen-bond acceptors (Lipinski definition) is 7. The molecular weight excluding hydrogens is 419 g/mol. The van der Waals surface area contributed by atoms with Gasteiger partial charge in [0, 0.05) is 18.2 Å². The van der Waals surface area contributed by atoms with Gasteiger partial charge in [-0.25, -0.2) is 13.1 Å². The molecule has 2 aromatic carbocycles. The number of ether oxygens (including phenoxy) is 1. The van der Waals surface area contributed by atoms with Crippen LogP contribution in [0.4, 0.5) is 24.5 Å². The molecule has 0 fully saturated rings. The van der Waals surface area contributed by atoms with E-state index in [0.717, 1.165) is 12.1 Å². The van der Waals surface area contributed by atoms with Crippen LogP contribution in [0, 0.1) is 10.1 Å². The van der Waals surface area contributed by atoms with Gasteiger partial charge in [-0.05, 0) is 24.3 Å². The van der Waals surface area contributed by atoms with Gasteiger partial charge in [-0.2, -0.15) is 0 Å². The molecule has 156 valence electrons. The Kier molecular flexibility index (Phi) is 6.76. The summed E-state index contributed by atoms with van der Waals surface area (Å²) < 4.78 is 65.9. The highest BCUT2D eigenvalue weighted by atomic mass is 32.2. The van der Waals surface area contributed by atoms with E-state index in [0.29, 0.717) is 6.07 Å². The summed E-state index contributed by atoms with van der Waals surface area (Å²) in [5, 5.41) is 13.6. The predicted molar refractivity (Wildman–Crippen MR) is 94.7 cm³/mol. The Bertz CT molecular complexity index is 997. The monoisotopic (exact) mass is 433 g/mol. The molecule has 2 aromatic rings. The zero-order chi connectivity index (χ0) is 21.7. The summed E-state index contributed by atoms with van der Waals surface area (Å²) in [7, 11) is -4.43. The van der Waals surface area contributed by atoms with Crippen LogP contribution in [0.2, 0.25) is 0 Å². The average molecular weight is 433 g/mol. The Morgan fingerprint density at radius 3 is 2.38 bits per heavy atom. The number of nitro benzene ring substituents is 1. The molecule has 0 aliphatic heterocycles. The first-order chi connectivity index (χ1) is 13.5. The van der Waals surface area contributed by atoms with Gasteiger partial charge < -0.3 is 5.32 Å². The minimum Gasteiger partial charge on any atom is -0.377 e. The van der Waals surface area contributed by atoms with Crippen molar-refractivity contribution < 1.29 is 36.0 Å². The van der Waals surface area contributed by atoms with E-state index in [1.165, 1.54) is 24.3 Å². The summed E-state index contributed by atoms with van der Waals surface area (Å²) in [6.07, 6.45) is -4.84. The van der Waals surface area contributed by atoms with Gasteiger partial charge in [0.2, 0.25) is 0 Å². The number of nitrogens with zero attached hydrogens (tertiary/aromatic N) is 1. The van der Waals surface area contributed by atoms with E-state index in [4.69, 9.17) is 0 Å². The van der Waals surface area contributed by atoms with Crippen LogP contribution in [0.15, 0.2) is 53.4 Å². The van der Waals surface area contributed by atoms with E-state index in [-0.39, 0.29) is 11.3 Å². The van der Waals surface area contributed by atoms with Crippen LogP contribution >= 0.6 is 0 Å². The number of anilines is 1. The SMILES string of the molecule is O=C(NS(=O)(=O)c1ccc(NCCOC(F)(F)F)c([N+](=O)[O-])c1)c1ccccc1. The zero-order valence-corrected chi connectivity index (χ0v) is 15.3. The summed E-state index contributed by atoms with van der Waals surface area (Å²) in [4.78, 5) is 21.8. The molecule has 0 bridgehead atoms. The normalized spacial score (nSPS) is 11.7. The molecule has 0 aromatic heterocycles. The number of carbonyl (C=O) groups excluding carboxylic acids is 1. The number of carbonyl (C=O) groups is 1. The Morgan fingerprint density at radius 1 is 1.14 bits per heavy atom. The third-order valence-electron chi connectivity index (χ3n) is 3.42. The van der Waals surface area contributed by atoms with E-state index in [1.54, 1.807) is 10.8 Å². The van der Waals surface area contributed by atoms with E-state index < -0.39 is 51.0 Å². The molecular formula is C16H14F3N3O6S. The first-order valence-electron chi connectivity index (χ1n) is 7.85. The van der Waals surface area contributed by atoms with Crippen LogP contribution in [0.5, 0.6) is 0 Å². The molecule has 0 saturated heterocycles. The summed E-state index contributed by atoms with van der Waals surface area (Å²) >= 11 is 0. The predicted octanol–water partition coefficient (Wildman–Crippen LogP) is 2.66. The highest BCUT2D eigenvalue weighted by molar-refractivity contribution is 7.90. The van der Waals surface area contributed by atoms with Gasteiger partial charge >= 0.3 is 6.36 Å². The van der Waals surface area contributed by atoms with E-state index in [2.05, 4.69) is 10.1 Å². The Morgan fingerprint density at radius 2 is 1.79 bits per heavy atom. The van der Waals surface area contributed by atoms with Crippen molar-refractivity contribution in [3.63, 3.8) is 0 Å². The average Bonchev–Trinajstić information content (AvgIpc) is 2.64. The van der Waals surface area contributed by atoms with Crippen molar-refractivity contribution in [2.24, 2.45) is 0 Å². The standard InChI is InChI=1S/C16H14F3N3O6S/c17-16(18,19)28-9-8-20-13-7-6-12(10-14(13)22(24)25)29(26,27)21-15(23)11-4-2-1-3-5-11/h1-7,10,20H,8-9H2,(H,21,23). The van der Waals surface area contributed by atoms with Crippen LogP contribution < -0.4 is 10.0 Å². The molecule has 0 radical (unpaired) electrons. The van der Waals surface area contributed by atoms with Crippen LogP contribution in [0.25, 0.3) is 0 Å². The number of benzene rings is 2. The van der Waals surface area contributed by atoms with E-state index in [9.17, 15) is 36.5 Å². The number of rotatable bonds is 8. The fourth-order valence-corrected chi connectivity index (χ4v) is 3.15. The van der Waals surface area contributed by atoms with Gasteiger partial charge in [0.25, 0.3) is 21.6 Å². The molecule has 13 heteroatoms. The summed E-state index contributed by atoms with van der Waals surface area (Å²) in [5.41, 5.74) is -0.852. The Hall–Kier alpha value is -3.19. The maximum absolute atomic E-state index is 12.4. The molecule has 0 unspecified atom stereocenters. The van der Waals surface area contributed by atoms with Gasteiger partial charge in [0.05, 0.1) is 16.4 Å². The van der Waals surface area contributed by atoms with Crippen molar-refractivity contribution in [1.82, 2.24) is 4.72 Å². The number of hydrogen-bond donors (Lipinski definition) is 2. The molecule has 0 saturated carbocycles. The van der Waals surface area contributed by atoms with Crippen molar-refractivity contribution in [1.29, 1.82) is 0 Å². The second-order valence-electron chi connectivity index (χ2n) is 5.46. The molecule has 1 amide bonds. The van der Waals surface area contributed by atoms with Crippen molar-refractivity contribution in [3.8, 4) is 0 Å². The quantitative estimate of drug-likeness (QED) is 0.372. The number of amides is 1. The topological polar surface area (TPSA) is 128 Å². The summed E-state index contributed by atoms with van der Waals surface area (Å²) in [6.45, 7) is -1.23. The highest BCUT2D eigenvalue weighted by Gasteiger charge is 2.29. The minimum absolute atomic E-state index is 0.0635. The molecule has 2 rings (SSSR count). The minimum atomic E-state index is -4.84. The molecule has 29 heavy (non-hydrogen) atoms. The van der Waals surface area contributed by atoms with Gasteiger partial charge in [0.1, 0.15) is 5.69 Å². The lowest BCUT2D eigenvalue weighted by Gasteiger charge is -2.11. The first-order valence-corrected chi connectivity index (χ1v) is 9.33. The van der Waals surface area contributed by atoms with Gasteiger partial charge in [-0.3, -0.25) is 19.6 Å². The lowest BCUT2D eigenvalue weighted by molar-refractivity contribution is -0.384. The maximum Gasteiger partial charge on any atom is 0.522 e. The van der Waals surface area contributed by atoms with Crippen LogP contribution in [0.3, 0.4) is 0 Å². The Labute approximate surface area is 162 Å². The molecule has 9 nitrogen and oxygen atoms in total. The maximum atomic E-state index is 12.4. The number of halogens is 3. The molecule has 0 heterocycles. The number of sulfonamides is 1. The second-order valence-corrected chi connectivity index (χ2v) is 7.14. The van der Waals surface area contributed by atoms with Crippen LogP contribution in [-0.2, 0) is 14.8 Å². The molecule has 0 aliphatic carbocycles. The van der Waals surface area contributed by atoms with Crippen molar-refractivity contribution >= 4 is 27.3 Å². The number of nitro groups is 1. The second kappa shape index (κ2) is 8.87. The largest absolute Gasteiger partial charge is 0.522 e. The lowest BCUT2D eigenvalue weighted by atomic mass is 10.2. The van der Waals surface area contributed by atoms with Crippen molar-refractivity contribution in [3.05, 3.63) is 64.2 Å². The smallest absolute Gasteiger partial charge is 0.377 e. The lowest BCUT2D eigenvalue weighted by Crippen LogP contribution is -2.30. The van der Waals surface area contributed by atoms with E-state index >= 15 is 0 Å². The molecule has 0 atom stereocenters. The highest BCUT2D eigenvalue weighted by Crippen LogP contribution is 2.27. The fraction of sp³-hybridized carbons (Fsp3) is 0.188. The molecule has 0 aliphatic rings. The molecule has 2 N–H and O–H groups in total. The molecule has 0 spiro atoms. The fourth-order valence-electron chi connectivity index (χ4n) is 2.16. The van der Waals surface area contributed by atoms with Gasteiger partial charge in [-0.1, -0.05) is 18.2 Å². The van der Waals surface area contributed by atoms with E-state index in [1.807, 2.05) is 0 Å². The summed E-state index contributed by atoms with van der Waals surface area (Å²) in [6, 6.07) is 10.1. The Balaban J connectivity index is 2.17. The van der Waals surface area contributed by atoms with Crippen LogP contribution in [0.1, 0.15) is 10.4 Å². The van der Waals surface area contributed by atoms with Gasteiger partial charge in [-0.15, -0.1) is 13.2 Å². The van der Waals surface area contributed by atoms with Crippen molar-refractivity contribution in [2.45, 2.75) is 11.3 Å².